The Balaban J connectivity index is 0.000000258. The van der Waals surface area contributed by atoms with Gasteiger partial charge in [0.25, 0.3) is 21.6 Å². The number of hydrogen-bond acceptors (Lipinski definition) is 18. The first-order valence-corrected chi connectivity index (χ1v) is 19.5. The number of nitrogens with two attached hydrogens (primary N) is 1. The number of nitrogens with one attached hydrogen (secondary N) is 4. The minimum atomic E-state index is -4.46. The molecule has 0 radical (unpaired) electrons. The van der Waals surface area contributed by atoms with Crippen molar-refractivity contribution < 1.29 is 37.1 Å². The van der Waals surface area contributed by atoms with Gasteiger partial charge in [-0.2, -0.15) is 33.3 Å². The van der Waals surface area contributed by atoms with E-state index in [1.165, 1.54) is 69.7 Å². The first-order valence-electron chi connectivity index (χ1n) is 17.2. The van der Waals surface area contributed by atoms with Crippen molar-refractivity contribution in [3.63, 3.8) is 0 Å². The summed E-state index contributed by atoms with van der Waals surface area (Å²) in [5.74, 6) is 1.19. The highest BCUT2D eigenvalue weighted by atomic mass is 35.5. The van der Waals surface area contributed by atoms with Gasteiger partial charge in [0.1, 0.15) is 22.2 Å². The Morgan fingerprint density at radius 1 is 0.917 bits per heavy atom. The fraction of sp³-hybridized carbons (Fsp3) is 0.257. The van der Waals surface area contributed by atoms with E-state index in [4.69, 9.17) is 43.1 Å². The predicted molar refractivity (Wildman–Crippen MR) is 224 cm³/mol. The number of amides is 3. The number of nitrogen functional groups attached to an aromatic ring is 1. The van der Waals surface area contributed by atoms with Crippen molar-refractivity contribution in [2.24, 2.45) is 0 Å². The second-order valence-electron chi connectivity index (χ2n) is 12.0. The fourth-order valence-electron chi connectivity index (χ4n) is 4.30. The second-order valence-corrected chi connectivity index (χ2v) is 14.3. The molecule has 5 aromatic rings. The Morgan fingerprint density at radius 3 is 2.12 bits per heavy atom. The Bertz CT molecular complexity index is 2360. The van der Waals surface area contributed by atoms with Crippen LogP contribution in [0, 0.1) is 10.1 Å². The minimum absolute atomic E-state index is 0.0352. The lowest BCUT2D eigenvalue weighted by atomic mass is 10.2. The zero-order valence-electron chi connectivity index (χ0n) is 33.1. The van der Waals surface area contributed by atoms with Crippen LogP contribution < -0.4 is 40.6 Å². The molecule has 0 atom stereocenters. The van der Waals surface area contributed by atoms with Gasteiger partial charge in [0.15, 0.2) is 5.03 Å². The van der Waals surface area contributed by atoms with Gasteiger partial charge in [-0.05, 0) is 62.7 Å². The lowest BCUT2D eigenvalue weighted by molar-refractivity contribution is -0.383. The van der Waals surface area contributed by atoms with Crippen LogP contribution in [0.15, 0.2) is 71.9 Å². The number of methoxy groups -OCH3 is 2. The molecule has 6 N–H and O–H groups in total. The number of nitro groups is 1. The van der Waals surface area contributed by atoms with Gasteiger partial charge in [0, 0.05) is 38.9 Å². The number of rotatable bonds is 13. The Kier molecular flexibility index (Phi) is 17.7. The summed E-state index contributed by atoms with van der Waals surface area (Å²) in [7, 11) is 1.15. The maximum atomic E-state index is 12.5. The van der Waals surface area contributed by atoms with E-state index in [0.717, 1.165) is 6.54 Å². The molecule has 0 saturated carbocycles. The van der Waals surface area contributed by atoms with Gasteiger partial charge >= 0.3 is 6.03 Å². The third-order valence-corrected chi connectivity index (χ3v) is 8.71. The smallest absolute Gasteiger partial charge is 0.335 e. The normalized spacial score (nSPS) is 10.4. The third kappa shape index (κ3) is 14.2. The number of ether oxygens (including phenoxy) is 3. The van der Waals surface area contributed by atoms with E-state index in [1.807, 2.05) is 26.8 Å². The van der Waals surface area contributed by atoms with Gasteiger partial charge in [-0.1, -0.05) is 29.8 Å². The van der Waals surface area contributed by atoms with E-state index in [2.05, 4.69) is 45.9 Å². The van der Waals surface area contributed by atoms with Gasteiger partial charge in [0.2, 0.25) is 34.9 Å². The van der Waals surface area contributed by atoms with Gasteiger partial charge in [-0.3, -0.25) is 20.2 Å². The number of sulfonamides is 1. The lowest BCUT2D eigenvalue weighted by Gasteiger charge is -2.14. The van der Waals surface area contributed by atoms with Crippen LogP contribution in [-0.4, -0.2) is 101 Å². The van der Waals surface area contributed by atoms with Crippen molar-refractivity contribution in [2.45, 2.75) is 31.8 Å². The zero-order valence-corrected chi connectivity index (χ0v) is 35.5. The summed E-state index contributed by atoms with van der Waals surface area (Å²) < 4.78 is 42.2. The number of anilines is 4. The summed E-state index contributed by atoms with van der Waals surface area (Å²) >= 11 is 11.7. The topological polar surface area (TPSA) is 294 Å². The molecule has 0 aliphatic rings. The molecule has 2 aromatic carbocycles. The first kappa shape index (κ1) is 47.5. The van der Waals surface area contributed by atoms with Crippen molar-refractivity contribution in [3.8, 4) is 23.3 Å². The van der Waals surface area contributed by atoms with Crippen LogP contribution >= 0.6 is 23.2 Å². The number of halogens is 2. The molecule has 3 aromatic heterocycles. The quantitative estimate of drug-likeness (QED) is 0.0554. The van der Waals surface area contributed by atoms with Crippen molar-refractivity contribution >= 4 is 74.4 Å². The van der Waals surface area contributed by atoms with E-state index in [-0.39, 0.29) is 56.7 Å². The summed E-state index contributed by atoms with van der Waals surface area (Å²) in [4.78, 5) is 59.0. The van der Waals surface area contributed by atoms with E-state index in [0.29, 0.717) is 17.6 Å². The maximum absolute atomic E-state index is 12.5. The largest absolute Gasteiger partial charge is 0.481 e. The highest BCUT2D eigenvalue weighted by Crippen LogP contribution is 2.38. The fourth-order valence-corrected chi connectivity index (χ4v) is 5.70. The highest BCUT2D eigenvalue weighted by Gasteiger charge is 2.27. The molecule has 0 unspecified atom stereocenters. The van der Waals surface area contributed by atoms with Gasteiger partial charge < -0.3 is 35.5 Å². The summed E-state index contributed by atoms with van der Waals surface area (Å²) in [5.41, 5.74) is 5.06. The van der Waals surface area contributed by atoms with Crippen molar-refractivity contribution in [1.29, 1.82) is 0 Å². The Morgan fingerprint density at radius 2 is 1.55 bits per heavy atom. The minimum Gasteiger partial charge on any atom is -0.481 e. The number of nitro benzene ring substituents is 1. The molecule has 60 heavy (non-hydrogen) atoms. The van der Waals surface area contributed by atoms with E-state index >= 15 is 0 Å². The number of carbonyl (C=O) groups excluding carboxylic acids is 2. The average Bonchev–Trinajstić information content (AvgIpc) is 3.19. The van der Waals surface area contributed by atoms with Crippen LogP contribution in [0.4, 0.5) is 34.0 Å². The number of nitrogens with zero attached hydrogens (tertiary/aromatic N) is 8. The molecule has 0 fully saturated rings. The molecule has 0 spiro atoms. The molecule has 0 saturated heterocycles. The third-order valence-electron chi connectivity index (χ3n) is 6.86. The Labute approximate surface area is 354 Å². The summed E-state index contributed by atoms with van der Waals surface area (Å²) in [5, 5.41) is 18.5. The van der Waals surface area contributed by atoms with Crippen molar-refractivity contribution in [1.82, 2.24) is 39.5 Å². The van der Waals surface area contributed by atoms with Crippen LogP contribution in [0.3, 0.4) is 0 Å². The molecule has 0 bridgehead atoms. The Hall–Kier alpha value is -6.85. The molecule has 5 rings (SSSR count). The van der Waals surface area contributed by atoms with Crippen LogP contribution in [0.25, 0.3) is 0 Å². The van der Waals surface area contributed by atoms with Crippen LogP contribution in [0.5, 0.6) is 23.3 Å². The first-order chi connectivity index (χ1) is 28.4. The number of benzene rings is 2. The molecule has 3 heterocycles. The molecule has 0 aliphatic carbocycles. The number of hydrogen-bond donors (Lipinski definition) is 5. The van der Waals surface area contributed by atoms with Crippen LogP contribution in [0.1, 0.15) is 31.1 Å². The van der Waals surface area contributed by atoms with Crippen LogP contribution in [-0.2, 0) is 10.0 Å². The number of urea groups is 1. The molecular weight excluding hydrogens is 849 g/mol. The summed E-state index contributed by atoms with van der Waals surface area (Å²) in [6.45, 7) is 6.73. The van der Waals surface area contributed by atoms with Crippen LogP contribution in [0.2, 0.25) is 10.3 Å². The van der Waals surface area contributed by atoms with Gasteiger partial charge in [-0.25, -0.2) is 14.5 Å². The molecule has 25 heteroatoms. The zero-order chi connectivity index (χ0) is 44.6. The molecular formula is C35H41Cl2N13O9S. The lowest BCUT2D eigenvalue weighted by Crippen LogP contribution is -2.36. The molecule has 0 aliphatic heterocycles. The molecule has 320 valence electrons. The summed E-state index contributed by atoms with van der Waals surface area (Å²) in [6, 6.07) is 14.8. The maximum Gasteiger partial charge on any atom is 0.335 e. The second kappa shape index (κ2) is 22.3. The molecule has 3 amide bonds. The number of pyridine rings is 1. The summed E-state index contributed by atoms with van der Waals surface area (Å²) in [6.07, 6.45) is 1.19. The van der Waals surface area contributed by atoms with Gasteiger partial charge in [-0.15, -0.1) is 0 Å². The van der Waals surface area contributed by atoms with E-state index in [9.17, 15) is 28.1 Å². The number of carbonyl (C=O) groups is 2. The van der Waals surface area contributed by atoms with Crippen molar-refractivity contribution in [3.05, 3.63) is 92.8 Å². The predicted octanol–water partition coefficient (Wildman–Crippen LogP) is 5.50. The SMILES string of the molecule is CCNc1nc(Cl)nc(NC(C)C)n1.COc1cc(OC)nc(NC(=O)NS(=O)(=O)c2ncccc2C(=O)N(C)C)n1.Nc1c([N+](=O)[O-])ccc(Oc2ccccc2)c1Cl. The van der Waals surface area contributed by atoms with E-state index < -0.39 is 31.9 Å². The van der Waals surface area contributed by atoms with E-state index in [1.54, 1.807) is 29.0 Å². The number of aromatic nitrogens is 6. The number of para-hydroxylation sites is 1. The standard InChI is InChI=1S/C15H18N6O6S.C12H9ClN2O3.C8H14ClN5/c1-21(2)13(22)9-6-5-7-16-12(9)28(24,25)20-15(23)19-14-17-10(26-3)8-11(18-14)27-4;13-11-10(18-8-4-2-1-3-5-8)7-6-9(12(11)14)15(16)17;1-4-10-7-12-6(9)13-8(14-7)11-5(2)3/h5-8H,1-4H3,(H2,17,18,19,20,23);1-7H,14H2;5H,4H2,1-3H3,(H2,10,11,12,13,14). The van der Waals surface area contributed by atoms with Crippen molar-refractivity contribution in [2.75, 3.05) is 56.5 Å². The molecule has 22 nitrogen and oxygen atoms in total. The van der Waals surface area contributed by atoms with Gasteiger partial charge in [0.05, 0.1) is 30.8 Å². The average molecular weight is 891 g/mol. The monoisotopic (exact) mass is 889 g/mol. The highest BCUT2D eigenvalue weighted by molar-refractivity contribution is 7.90.